The van der Waals surface area contributed by atoms with Gasteiger partial charge in [-0.25, -0.2) is 14.4 Å². The van der Waals surface area contributed by atoms with Gasteiger partial charge in [-0.15, -0.1) is 0 Å². The van der Waals surface area contributed by atoms with Crippen LogP contribution in [0.1, 0.15) is 31.1 Å². The molecule has 0 aliphatic heterocycles. The summed E-state index contributed by atoms with van der Waals surface area (Å²) < 4.78 is 15.7. The van der Waals surface area contributed by atoms with Crippen LogP contribution in [-0.2, 0) is 21.3 Å². The minimum atomic E-state index is -0.960. The number of para-hydroxylation sites is 1. The van der Waals surface area contributed by atoms with E-state index >= 15 is 0 Å². The van der Waals surface area contributed by atoms with Crippen LogP contribution in [0.4, 0.5) is 0 Å². The van der Waals surface area contributed by atoms with Crippen LogP contribution in [0, 0.1) is 0 Å². The summed E-state index contributed by atoms with van der Waals surface area (Å²) in [4.78, 5) is 50.5. The second kappa shape index (κ2) is 7.15. The number of aromatic nitrogens is 1. The van der Waals surface area contributed by atoms with E-state index < -0.39 is 23.5 Å². The Kier molecular flexibility index (Phi) is 4.87. The number of fused-ring (bicyclic) bond motifs is 3. The van der Waals surface area contributed by atoms with Crippen molar-refractivity contribution in [2.75, 3.05) is 21.3 Å². The van der Waals surface area contributed by atoms with Crippen LogP contribution >= 0.6 is 0 Å². The molecular formula is C20H17NO7. The van der Waals surface area contributed by atoms with Gasteiger partial charge in [0.2, 0.25) is 0 Å². The minimum absolute atomic E-state index is 0.0406. The van der Waals surface area contributed by atoms with Crippen LogP contribution in [0.5, 0.6) is 0 Å². The molecule has 1 heterocycles. The molecule has 0 N–H and O–H groups in total. The van der Waals surface area contributed by atoms with Gasteiger partial charge in [-0.3, -0.25) is 4.79 Å². The number of aryl methyl sites for hydroxylation is 1. The van der Waals surface area contributed by atoms with Crippen molar-refractivity contribution in [2.45, 2.75) is 0 Å². The summed E-state index contributed by atoms with van der Waals surface area (Å²) >= 11 is 0. The van der Waals surface area contributed by atoms with E-state index in [1.165, 1.54) is 10.6 Å². The maximum absolute atomic E-state index is 13.1. The van der Waals surface area contributed by atoms with E-state index in [-0.39, 0.29) is 22.1 Å². The van der Waals surface area contributed by atoms with Gasteiger partial charge in [-0.05, 0) is 17.5 Å². The van der Waals surface area contributed by atoms with Crippen LogP contribution < -0.4 is 5.56 Å². The Labute approximate surface area is 159 Å². The lowest BCUT2D eigenvalue weighted by Crippen LogP contribution is -2.25. The van der Waals surface area contributed by atoms with Gasteiger partial charge in [-0.1, -0.05) is 18.2 Å². The molecule has 0 saturated heterocycles. The molecule has 8 nitrogen and oxygen atoms in total. The molecule has 0 saturated carbocycles. The van der Waals surface area contributed by atoms with Gasteiger partial charge in [0.1, 0.15) is 0 Å². The molecule has 0 unspecified atom stereocenters. The molecule has 0 amide bonds. The first-order valence-electron chi connectivity index (χ1n) is 8.20. The van der Waals surface area contributed by atoms with Crippen molar-refractivity contribution in [1.29, 1.82) is 0 Å². The first kappa shape index (κ1) is 19.1. The highest BCUT2D eigenvalue weighted by atomic mass is 16.5. The topological polar surface area (TPSA) is 101 Å². The molecule has 8 heteroatoms. The predicted octanol–water partition coefficient (Wildman–Crippen LogP) is 2.05. The summed E-state index contributed by atoms with van der Waals surface area (Å²) in [5, 5.41) is 0.902. The molecule has 2 aromatic carbocycles. The van der Waals surface area contributed by atoms with Crippen LogP contribution in [-0.4, -0.2) is 43.8 Å². The average Bonchev–Trinajstić information content (AvgIpc) is 2.74. The number of nitrogens with zero attached hydrogens (tertiary/aromatic N) is 1. The molecular weight excluding hydrogens is 366 g/mol. The van der Waals surface area contributed by atoms with Crippen molar-refractivity contribution in [3.05, 3.63) is 57.4 Å². The highest BCUT2D eigenvalue weighted by Gasteiger charge is 2.31. The number of hydrogen-bond acceptors (Lipinski definition) is 7. The van der Waals surface area contributed by atoms with Gasteiger partial charge < -0.3 is 18.8 Å². The maximum Gasteiger partial charge on any atom is 0.339 e. The number of pyridine rings is 1. The van der Waals surface area contributed by atoms with Gasteiger partial charge in [0.15, 0.2) is 0 Å². The fraction of sp³-hybridized carbons (Fsp3) is 0.200. The normalized spacial score (nSPS) is 10.7. The van der Waals surface area contributed by atoms with Gasteiger partial charge >= 0.3 is 17.9 Å². The zero-order valence-electron chi connectivity index (χ0n) is 15.7. The molecule has 3 rings (SSSR count). The van der Waals surface area contributed by atoms with Crippen LogP contribution in [0.15, 0.2) is 35.1 Å². The summed E-state index contributed by atoms with van der Waals surface area (Å²) in [6.45, 7) is 0. The van der Waals surface area contributed by atoms with E-state index in [4.69, 9.17) is 14.2 Å². The quantitative estimate of drug-likeness (QED) is 0.388. The molecule has 0 aliphatic carbocycles. The molecule has 0 spiro atoms. The first-order chi connectivity index (χ1) is 13.4. The molecule has 0 atom stereocenters. The van der Waals surface area contributed by atoms with Gasteiger partial charge in [-0.2, -0.15) is 0 Å². The minimum Gasteiger partial charge on any atom is -0.465 e. The smallest absolute Gasteiger partial charge is 0.339 e. The maximum atomic E-state index is 13.1. The lowest BCUT2D eigenvalue weighted by Gasteiger charge is -2.16. The van der Waals surface area contributed by atoms with E-state index in [0.29, 0.717) is 16.3 Å². The number of benzene rings is 2. The largest absolute Gasteiger partial charge is 0.465 e. The Bertz CT molecular complexity index is 1210. The standard InChI is InChI=1S/C20H17NO7/c1-21-13-8-6-5-7-10(13)11-9-12(18(23)26-2)15(19(24)27-3)16(20(25)28-4)14(11)17(21)22/h5-9H,1-4H3. The molecule has 28 heavy (non-hydrogen) atoms. The lowest BCUT2D eigenvalue weighted by molar-refractivity contribution is 0.0537. The zero-order valence-corrected chi connectivity index (χ0v) is 15.7. The van der Waals surface area contributed by atoms with E-state index in [2.05, 4.69) is 0 Å². The van der Waals surface area contributed by atoms with Crippen molar-refractivity contribution >= 4 is 39.6 Å². The summed E-state index contributed by atoms with van der Waals surface area (Å²) in [6.07, 6.45) is 0. The molecule has 1 aromatic heterocycles. The zero-order chi connectivity index (χ0) is 20.6. The van der Waals surface area contributed by atoms with Crippen molar-refractivity contribution in [2.24, 2.45) is 7.05 Å². The summed E-state index contributed by atoms with van der Waals surface area (Å²) in [7, 11) is 4.92. The number of esters is 3. The number of carbonyl (C=O) groups is 3. The van der Waals surface area contributed by atoms with E-state index in [1.54, 1.807) is 31.3 Å². The van der Waals surface area contributed by atoms with Crippen LogP contribution in [0.3, 0.4) is 0 Å². The second-order valence-corrected chi connectivity index (χ2v) is 5.95. The highest BCUT2D eigenvalue weighted by Crippen LogP contribution is 2.31. The summed E-state index contributed by atoms with van der Waals surface area (Å²) in [6, 6.07) is 8.37. The number of rotatable bonds is 3. The van der Waals surface area contributed by atoms with Crippen molar-refractivity contribution in [3.8, 4) is 0 Å². The number of methoxy groups -OCH3 is 3. The lowest BCUT2D eigenvalue weighted by atomic mass is 9.92. The number of hydrogen-bond donors (Lipinski definition) is 0. The Morgan fingerprint density at radius 2 is 1.39 bits per heavy atom. The van der Waals surface area contributed by atoms with E-state index in [0.717, 1.165) is 21.3 Å². The number of carbonyl (C=O) groups excluding carboxylic acids is 3. The van der Waals surface area contributed by atoms with E-state index in [1.807, 2.05) is 0 Å². The molecule has 0 bridgehead atoms. The van der Waals surface area contributed by atoms with Gasteiger partial charge in [0, 0.05) is 12.4 Å². The SMILES string of the molecule is COC(=O)c1cc2c(c(C(=O)OC)c1C(=O)OC)c(=O)n(C)c1ccccc21. The van der Waals surface area contributed by atoms with Gasteiger partial charge in [0.05, 0.1) is 48.9 Å². The Hall–Kier alpha value is -3.68. The summed E-state index contributed by atoms with van der Waals surface area (Å²) in [5.74, 6) is -2.75. The van der Waals surface area contributed by atoms with E-state index in [9.17, 15) is 19.2 Å². The Morgan fingerprint density at radius 3 is 2.00 bits per heavy atom. The third kappa shape index (κ3) is 2.70. The van der Waals surface area contributed by atoms with Crippen molar-refractivity contribution in [3.63, 3.8) is 0 Å². The van der Waals surface area contributed by atoms with Crippen molar-refractivity contribution in [1.82, 2.24) is 4.57 Å². The monoisotopic (exact) mass is 383 g/mol. The molecule has 144 valence electrons. The molecule has 0 radical (unpaired) electrons. The third-order valence-electron chi connectivity index (χ3n) is 4.59. The van der Waals surface area contributed by atoms with Crippen LogP contribution in [0.25, 0.3) is 21.7 Å². The summed E-state index contributed by atoms with van der Waals surface area (Å²) in [5.41, 5.74) is -0.826. The highest BCUT2D eigenvalue weighted by molar-refractivity contribution is 6.21. The average molecular weight is 383 g/mol. The fourth-order valence-electron chi connectivity index (χ4n) is 3.28. The van der Waals surface area contributed by atoms with Gasteiger partial charge in [0.25, 0.3) is 5.56 Å². The number of ether oxygens (including phenoxy) is 3. The third-order valence-corrected chi connectivity index (χ3v) is 4.59. The molecule has 0 fully saturated rings. The molecule has 3 aromatic rings. The Morgan fingerprint density at radius 1 is 0.821 bits per heavy atom. The Balaban J connectivity index is 2.72. The van der Waals surface area contributed by atoms with Crippen LogP contribution in [0.2, 0.25) is 0 Å². The van der Waals surface area contributed by atoms with Crippen molar-refractivity contribution < 1.29 is 28.6 Å². The second-order valence-electron chi connectivity index (χ2n) is 5.95. The first-order valence-corrected chi connectivity index (χ1v) is 8.20. The molecule has 0 aliphatic rings. The predicted molar refractivity (Wildman–Crippen MR) is 101 cm³/mol. The fourth-order valence-corrected chi connectivity index (χ4v) is 3.28.